The van der Waals surface area contributed by atoms with Gasteiger partial charge in [-0.15, -0.1) is 34.0 Å². The quantitative estimate of drug-likeness (QED) is 0.487. The summed E-state index contributed by atoms with van der Waals surface area (Å²) in [4.78, 5) is 6.82. The van der Waals surface area contributed by atoms with Gasteiger partial charge in [-0.05, 0) is 60.1 Å². The van der Waals surface area contributed by atoms with Gasteiger partial charge in [0.2, 0.25) is 0 Å². The highest BCUT2D eigenvalue weighted by atomic mass is 79.9. The fourth-order valence-electron chi connectivity index (χ4n) is 1.86. The summed E-state index contributed by atoms with van der Waals surface area (Å²) < 4.78 is 1.20. The predicted molar refractivity (Wildman–Crippen MR) is 88.1 cm³/mol. The summed E-state index contributed by atoms with van der Waals surface area (Å²) in [6.45, 7) is 4.32. The van der Waals surface area contributed by atoms with Crippen LogP contribution in [0.4, 0.5) is 0 Å². The lowest BCUT2D eigenvalue weighted by Gasteiger charge is -1.98. The zero-order chi connectivity index (χ0) is 12.7. The molecule has 3 aromatic rings. The van der Waals surface area contributed by atoms with Gasteiger partial charge in [-0.25, -0.2) is 0 Å². The van der Waals surface area contributed by atoms with Crippen LogP contribution >= 0.6 is 49.9 Å². The summed E-state index contributed by atoms with van der Waals surface area (Å²) in [5, 5.41) is 0. The number of rotatable bonds is 2. The van der Waals surface area contributed by atoms with Crippen molar-refractivity contribution in [2.45, 2.75) is 13.8 Å². The Labute approximate surface area is 127 Å². The van der Waals surface area contributed by atoms with Crippen LogP contribution in [0.5, 0.6) is 0 Å². The molecule has 0 spiro atoms. The summed E-state index contributed by atoms with van der Waals surface area (Å²) in [6.07, 6.45) is 0. The molecular weight excluding hydrogens is 344 g/mol. The van der Waals surface area contributed by atoms with Crippen LogP contribution in [0.2, 0.25) is 0 Å². The van der Waals surface area contributed by atoms with Crippen LogP contribution in [0.1, 0.15) is 9.75 Å². The molecule has 92 valence electrons. The lowest BCUT2D eigenvalue weighted by molar-refractivity contribution is 1.64. The molecule has 0 saturated heterocycles. The Kier molecular flexibility index (Phi) is 3.45. The summed E-state index contributed by atoms with van der Waals surface area (Å²) in [7, 11) is 0. The van der Waals surface area contributed by atoms with Crippen molar-refractivity contribution >= 4 is 49.9 Å². The van der Waals surface area contributed by atoms with Crippen LogP contribution in [0.15, 0.2) is 34.1 Å². The van der Waals surface area contributed by atoms with Gasteiger partial charge in [-0.1, -0.05) is 0 Å². The van der Waals surface area contributed by atoms with Gasteiger partial charge >= 0.3 is 0 Å². The first-order valence-electron chi connectivity index (χ1n) is 5.56. The van der Waals surface area contributed by atoms with E-state index in [1.54, 1.807) is 0 Å². The normalized spacial score (nSPS) is 11.1. The molecule has 18 heavy (non-hydrogen) atoms. The predicted octanol–water partition coefficient (Wildman–Crippen LogP) is 6.58. The molecule has 3 rings (SSSR count). The third kappa shape index (κ3) is 2.35. The van der Waals surface area contributed by atoms with Gasteiger partial charge in [0.15, 0.2) is 0 Å². The molecule has 0 unspecified atom stereocenters. The smallest absolute Gasteiger partial charge is 0.0712 e. The van der Waals surface area contributed by atoms with Gasteiger partial charge in [0.05, 0.1) is 8.66 Å². The van der Waals surface area contributed by atoms with E-state index in [9.17, 15) is 0 Å². The van der Waals surface area contributed by atoms with E-state index < -0.39 is 0 Å². The molecule has 0 aliphatic carbocycles. The van der Waals surface area contributed by atoms with Crippen molar-refractivity contribution in [1.29, 1.82) is 0 Å². The largest absolute Gasteiger partial charge is 0.141 e. The van der Waals surface area contributed by atoms with Gasteiger partial charge in [-0.3, -0.25) is 0 Å². The standard InChI is InChI=1S/C14H11BrS3/c1-8-3-5-11(16-8)10-7-13(15)18-14(10)12-6-4-9(2)17-12/h3-7H,1-2H3. The number of hydrogen-bond donors (Lipinski definition) is 0. The second kappa shape index (κ2) is 4.93. The minimum atomic E-state index is 1.20. The summed E-state index contributed by atoms with van der Waals surface area (Å²) in [5.74, 6) is 0. The van der Waals surface area contributed by atoms with E-state index in [2.05, 4.69) is 60.1 Å². The average Bonchev–Trinajstić information content (AvgIpc) is 2.98. The van der Waals surface area contributed by atoms with Crippen molar-refractivity contribution in [3.8, 4) is 20.2 Å². The molecular formula is C14H11BrS3. The monoisotopic (exact) mass is 354 g/mol. The van der Waals surface area contributed by atoms with E-state index in [1.165, 1.54) is 33.7 Å². The zero-order valence-corrected chi connectivity index (χ0v) is 14.0. The molecule has 0 aliphatic heterocycles. The Balaban J connectivity index is 2.16. The molecule has 0 N–H and O–H groups in total. The summed E-state index contributed by atoms with van der Waals surface area (Å²) in [6, 6.07) is 11.1. The highest BCUT2D eigenvalue weighted by Crippen LogP contribution is 2.45. The van der Waals surface area contributed by atoms with Gasteiger partial charge in [0.1, 0.15) is 0 Å². The second-order valence-corrected chi connectivity index (χ2v) is 9.12. The van der Waals surface area contributed by atoms with Gasteiger partial charge in [0.25, 0.3) is 0 Å². The van der Waals surface area contributed by atoms with Gasteiger partial charge < -0.3 is 0 Å². The lowest BCUT2D eigenvalue weighted by atomic mass is 10.2. The van der Waals surface area contributed by atoms with E-state index >= 15 is 0 Å². The molecule has 0 radical (unpaired) electrons. The average molecular weight is 355 g/mol. The third-order valence-corrected chi connectivity index (χ3v) is 6.52. The maximum absolute atomic E-state index is 3.62. The minimum absolute atomic E-state index is 1.20. The van der Waals surface area contributed by atoms with Crippen molar-refractivity contribution < 1.29 is 0 Å². The highest BCUT2D eigenvalue weighted by molar-refractivity contribution is 9.11. The van der Waals surface area contributed by atoms with Crippen molar-refractivity contribution in [2.24, 2.45) is 0 Å². The number of aryl methyl sites for hydroxylation is 2. The minimum Gasteiger partial charge on any atom is -0.141 e. The van der Waals surface area contributed by atoms with Crippen molar-refractivity contribution in [1.82, 2.24) is 0 Å². The molecule has 3 aromatic heterocycles. The molecule has 0 aromatic carbocycles. The van der Waals surface area contributed by atoms with Crippen LogP contribution in [0, 0.1) is 13.8 Å². The van der Waals surface area contributed by atoms with E-state index in [0.29, 0.717) is 0 Å². The van der Waals surface area contributed by atoms with E-state index in [0.717, 1.165) is 0 Å². The van der Waals surface area contributed by atoms with Crippen LogP contribution in [0.25, 0.3) is 20.2 Å². The second-order valence-electron chi connectivity index (χ2n) is 4.11. The van der Waals surface area contributed by atoms with Crippen molar-refractivity contribution in [3.63, 3.8) is 0 Å². The Morgan fingerprint density at radius 1 is 0.833 bits per heavy atom. The molecule has 0 bridgehead atoms. The Hall–Kier alpha value is -0.420. The van der Waals surface area contributed by atoms with E-state index in [4.69, 9.17) is 0 Å². The third-order valence-electron chi connectivity index (χ3n) is 2.67. The first kappa shape index (κ1) is 12.6. The van der Waals surface area contributed by atoms with Crippen LogP contribution in [-0.2, 0) is 0 Å². The molecule has 0 atom stereocenters. The first-order chi connectivity index (χ1) is 8.63. The van der Waals surface area contributed by atoms with E-state index in [-0.39, 0.29) is 0 Å². The molecule has 0 aliphatic rings. The van der Waals surface area contributed by atoms with Crippen LogP contribution in [-0.4, -0.2) is 0 Å². The summed E-state index contributed by atoms with van der Waals surface area (Å²) in [5.41, 5.74) is 1.35. The number of halogens is 1. The molecule has 4 heteroatoms. The lowest BCUT2D eigenvalue weighted by Crippen LogP contribution is -1.69. The SMILES string of the molecule is Cc1ccc(-c2cc(Br)sc2-c2ccc(C)s2)s1. The van der Waals surface area contributed by atoms with Crippen LogP contribution in [0.3, 0.4) is 0 Å². The number of hydrogen-bond acceptors (Lipinski definition) is 3. The Bertz CT molecular complexity index is 630. The fourth-order valence-corrected chi connectivity index (χ4v) is 5.42. The first-order valence-corrected chi connectivity index (χ1v) is 8.80. The Morgan fingerprint density at radius 2 is 1.44 bits per heavy atom. The molecule has 0 fully saturated rings. The van der Waals surface area contributed by atoms with Gasteiger partial charge in [-0.2, -0.15) is 0 Å². The van der Waals surface area contributed by atoms with Crippen molar-refractivity contribution in [2.75, 3.05) is 0 Å². The van der Waals surface area contributed by atoms with Gasteiger partial charge in [0, 0.05) is 25.1 Å². The number of thiophene rings is 3. The van der Waals surface area contributed by atoms with E-state index in [1.807, 2.05) is 34.0 Å². The highest BCUT2D eigenvalue weighted by Gasteiger charge is 2.14. The maximum atomic E-state index is 3.62. The molecule has 0 amide bonds. The maximum Gasteiger partial charge on any atom is 0.0712 e. The fraction of sp³-hybridized carbons (Fsp3) is 0.143. The topological polar surface area (TPSA) is 0 Å². The summed E-state index contributed by atoms with van der Waals surface area (Å²) >= 11 is 9.16. The molecule has 0 saturated carbocycles. The molecule has 0 nitrogen and oxygen atoms in total. The molecule has 3 heterocycles. The van der Waals surface area contributed by atoms with Crippen molar-refractivity contribution in [3.05, 3.63) is 43.9 Å². The van der Waals surface area contributed by atoms with Crippen LogP contribution < -0.4 is 0 Å². The Morgan fingerprint density at radius 3 is 2.00 bits per heavy atom. The zero-order valence-electron chi connectivity index (χ0n) is 9.99.